The highest BCUT2D eigenvalue weighted by molar-refractivity contribution is 4.91. The number of hydrogen-bond donors (Lipinski definition) is 1. The Morgan fingerprint density at radius 1 is 1.50 bits per heavy atom. The molecule has 5 nitrogen and oxygen atoms in total. The summed E-state index contributed by atoms with van der Waals surface area (Å²) >= 11 is 0. The SMILES string of the molecule is CCOC1CC(CC(N)Cc2ncnn2CC)C1. The van der Waals surface area contributed by atoms with E-state index in [1.165, 1.54) is 12.8 Å². The fourth-order valence-electron chi connectivity index (χ4n) is 2.70. The number of ether oxygens (including phenoxy) is 1. The summed E-state index contributed by atoms with van der Waals surface area (Å²) in [5.74, 6) is 1.74. The minimum atomic E-state index is 0.187. The van der Waals surface area contributed by atoms with Gasteiger partial charge >= 0.3 is 0 Å². The Hall–Kier alpha value is -0.940. The van der Waals surface area contributed by atoms with Gasteiger partial charge in [0.2, 0.25) is 0 Å². The van der Waals surface area contributed by atoms with E-state index >= 15 is 0 Å². The first kappa shape index (κ1) is 13.5. The minimum Gasteiger partial charge on any atom is -0.378 e. The molecule has 0 aromatic carbocycles. The monoisotopic (exact) mass is 252 g/mol. The molecule has 0 amide bonds. The summed E-state index contributed by atoms with van der Waals surface area (Å²) < 4.78 is 7.48. The Balaban J connectivity index is 1.71. The summed E-state index contributed by atoms with van der Waals surface area (Å²) in [7, 11) is 0. The van der Waals surface area contributed by atoms with Crippen LogP contribution >= 0.6 is 0 Å². The summed E-state index contributed by atoms with van der Waals surface area (Å²) in [5.41, 5.74) is 6.20. The maximum Gasteiger partial charge on any atom is 0.138 e. The zero-order valence-corrected chi connectivity index (χ0v) is 11.4. The van der Waals surface area contributed by atoms with Crippen molar-refractivity contribution in [3.8, 4) is 0 Å². The minimum absolute atomic E-state index is 0.187. The van der Waals surface area contributed by atoms with E-state index in [-0.39, 0.29) is 6.04 Å². The van der Waals surface area contributed by atoms with Crippen molar-refractivity contribution in [2.45, 2.75) is 58.2 Å². The molecule has 1 aromatic rings. The lowest BCUT2D eigenvalue weighted by atomic mass is 9.78. The molecule has 1 fully saturated rings. The lowest BCUT2D eigenvalue weighted by molar-refractivity contribution is -0.0281. The predicted octanol–water partition coefficient (Wildman–Crippen LogP) is 1.37. The fourth-order valence-corrected chi connectivity index (χ4v) is 2.70. The lowest BCUT2D eigenvalue weighted by Crippen LogP contribution is -2.37. The highest BCUT2D eigenvalue weighted by Crippen LogP contribution is 2.33. The molecule has 0 bridgehead atoms. The van der Waals surface area contributed by atoms with Crippen LogP contribution in [0.2, 0.25) is 0 Å². The van der Waals surface area contributed by atoms with Crippen LogP contribution in [-0.2, 0) is 17.7 Å². The van der Waals surface area contributed by atoms with Crippen LogP contribution in [0.15, 0.2) is 6.33 Å². The summed E-state index contributed by atoms with van der Waals surface area (Å²) in [6.45, 7) is 5.81. The zero-order valence-electron chi connectivity index (χ0n) is 11.4. The molecule has 1 heterocycles. The molecule has 0 spiro atoms. The van der Waals surface area contributed by atoms with Crippen LogP contribution in [-0.4, -0.2) is 33.5 Å². The molecule has 1 aliphatic rings. The van der Waals surface area contributed by atoms with Crippen LogP contribution in [0.25, 0.3) is 0 Å². The second kappa shape index (κ2) is 6.29. The molecule has 1 aliphatic carbocycles. The molecule has 1 unspecified atom stereocenters. The quantitative estimate of drug-likeness (QED) is 0.796. The second-order valence-corrected chi connectivity index (χ2v) is 5.11. The van der Waals surface area contributed by atoms with Crippen molar-refractivity contribution in [3.63, 3.8) is 0 Å². The fraction of sp³-hybridized carbons (Fsp3) is 0.846. The van der Waals surface area contributed by atoms with Gasteiger partial charge in [0.1, 0.15) is 12.2 Å². The van der Waals surface area contributed by atoms with Crippen molar-refractivity contribution in [2.75, 3.05) is 6.61 Å². The van der Waals surface area contributed by atoms with Crippen molar-refractivity contribution in [1.29, 1.82) is 0 Å². The van der Waals surface area contributed by atoms with Gasteiger partial charge in [0.15, 0.2) is 0 Å². The van der Waals surface area contributed by atoms with Crippen molar-refractivity contribution < 1.29 is 4.74 Å². The number of hydrogen-bond acceptors (Lipinski definition) is 4. The molecular formula is C13H24N4O. The van der Waals surface area contributed by atoms with Gasteiger partial charge in [-0.1, -0.05) is 0 Å². The Morgan fingerprint density at radius 3 is 2.94 bits per heavy atom. The molecule has 1 saturated carbocycles. The molecule has 2 rings (SSSR count). The number of aromatic nitrogens is 3. The molecule has 5 heteroatoms. The van der Waals surface area contributed by atoms with E-state index in [2.05, 4.69) is 23.9 Å². The van der Waals surface area contributed by atoms with Gasteiger partial charge in [-0.15, -0.1) is 0 Å². The molecule has 1 atom stereocenters. The average molecular weight is 252 g/mol. The van der Waals surface area contributed by atoms with Crippen molar-refractivity contribution in [2.24, 2.45) is 11.7 Å². The molecule has 0 radical (unpaired) electrons. The van der Waals surface area contributed by atoms with Crippen LogP contribution in [0.4, 0.5) is 0 Å². The zero-order chi connectivity index (χ0) is 13.0. The van der Waals surface area contributed by atoms with Crippen molar-refractivity contribution in [1.82, 2.24) is 14.8 Å². The van der Waals surface area contributed by atoms with Gasteiger partial charge in [-0.05, 0) is 39.0 Å². The third kappa shape index (κ3) is 3.29. The Kier molecular flexibility index (Phi) is 4.72. The first-order valence-corrected chi connectivity index (χ1v) is 6.96. The van der Waals surface area contributed by atoms with Gasteiger partial charge in [-0.2, -0.15) is 5.10 Å². The topological polar surface area (TPSA) is 66.0 Å². The van der Waals surface area contributed by atoms with Crippen LogP contribution in [0, 0.1) is 5.92 Å². The number of nitrogens with two attached hydrogens (primary N) is 1. The summed E-state index contributed by atoms with van der Waals surface area (Å²) in [6, 6.07) is 0.187. The third-order valence-electron chi connectivity index (χ3n) is 3.67. The van der Waals surface area contributed by atoms with Gasteiger partial charge in [-0.3, -0.25) is 4.68 Å². The standard InChI is InChI=1S/C13H24N4O/c1-3-17-13(15-9-16-17)8-11(14)5-10-6-12(7-10)18-4-2/h9-12H,3-8,14H2,1-2H3. The second-order valence-electron chi connectivity index (χ2n) is 5.11. The van der Waals surface area contributed by atoms with E-state index in [4.69, 9.17) is 10.5 Å². The van der Waals surface area contributed by atoms with Crippen molar-refractivity contribution >= 4 is 0 Å². The number of nitrogens with zero attached hydrogens (tertiary/aromatic N) is 3. The number of rotatable bonds is 7. The molecule has 102 valence electrons. The molecule has 1 aromatic heterocycles. The number of aryl methyl sites for hydroxylation is 1. The Bertz CT molecular complexity index is 360. The first-order chi connectivity index (χ1) is 8.72. The predicted molar refractivity (Wildman–Crippen MR) is 70.1 cm³/mol. The van der Waals surface area contributed by atoms with E-state index in [9.17, 15) is 0 Å². The van der Waals surface area contributed by atoms with Gasteiger partial charge in [0, 0.05) is 25.6 Å². The average Bonchev–Trinajstić information content (AvgIpc) is 2.73. The molecular weight excluding hydrogens is 228 g/mol. The van der Waals surface area contributed by atoms with E-state index in [0.717, 1.165) is 37.7 Å². The van der Waals surface area contributed by atoms with Gasteiger partial charge in [0.05, 0.1) is 6.10 Å². The molecule has 18 heavy (non-hydrogen) atoms. The Labute approximate surface area is 109 Å². The van der Waals surface area contributed by atoms with Crippen LogP contribution in [0.3, 0.4) is 0 Å². The highest BCUT2D eigenvalue weighted by Gasteiger charge is 2.30. The molecule has 2 N–H and O–H groups in total. The smallest absolute Gasteiger partial charge is 0.138 e. The van der Waals surface area contributed by atoms with E-state index in [1.54, 1.807) is 6.33 Å². The highest BCUT2D eigenvalue weighted by atomic mass is 16.5. The van der Waals surface area contributed by atoms with Crippen molar-refractivity contribution in [3.05, 3.63) is 12.2 Å². The first-order valence-electron chi connectivity index (χ1n) is 6.96. The molecule has 0 saturated heterocycles. The third-order valence-corrected chi connectivity index (χ3v) is 3.67. The maximum absolute atomic E-state index is 6.20. The van der Waals surface area contributed by atoms with Gasteiger partial charge in [0.25, 0.3) is 0 Å². The van der Waals surface area contributed by atoms with E-state index in [1.807, 2.05) is 4.68 Å². The van der Waals surface area contributed by atoms with E-state index in [0.29, 0.717) is 6.10 Å². The van der Waals surface area contributed by atoms with Crippen LogP contribution in [0.5, 0.6) is 0 Å². The summed E-state index contributed by atoms with van der Waals surface area (Å²) in [4.78, 5) is 4.27. The van der Waals surface area contributed by atoms with Gasteiger partial charge < -0.3 is 10.5 Å². The summed E-state index contributed by atoms with van der Waals surface area (Å²) in [6.07, 6.45) is 6.32. The van der Waals surface area contributed by atoms with Gasteiger partial charge in [-0.25, -0.2) is 4.98 Å². The van der Waals surface area contributed by atoms with E-state index < -0.39 is 0 Å². The summed E-state index contributed by atoms with van der Waals surface area (Å²) in [5, 5.41) is 4.17. The van der Waals surface area contributed by atoms with Crippen LogP contribution in [0.1, 0.15) is 38.9 Å². The van der Waals surface area contributed by atoms with Crippen LogP contribution < -0.4 is 5.73 Å². The normalized spacial score (nSPS) is 24.8. The maximum atomic E-state index is 6.20. The largest absolute Gasteiger partial charge is 0.378 e. The lowest BCUT2D eigenvalue weighted by Gasteiger charge is -2.36. The molecule has 0 aliphatic heterocycles. The Morgan fingerprint density at radius 2 is 2.28 bits per heavy atom.